The molecule has 86 valence electrons. The Hall–Kier alpha value is -0.730. The van der Waals surface area contributed by atoms with Crippen molar-refractivity contribution in [2.75, 3.05) is 0 Å². The predicted molar refractivity (Wildman–Crippen MR) is 67.2 cm³/mol. The van der Waals surface area contributed by atoms with Crippen molar-refractivity contribution in [3.63, 3.8) is 0 Å². The molecule has 0 saturated heterocycles. The molecule has 1 heterocycles. The van der Waals surface area contributed by atoms with Crippen molar-refractivity contribution in [2.24, 2.45) is 5.41 Å². The van der Waals surface area contributed by atoms with Gasteiger partial charge < -0.3 is 4.42 Å². The molecule has 0 aliphatic carbocycles. The fourth-order valence-electron chi connectivity index (χ4n) is 1.52. The van der Waals surface area contributed by atoms with Gasteiger partial charge in [-0.3, -0.25) is 0 Å². The number of aromatic nitrogens is 1. The van der Waals surface area contributed by atoms with E-state index >= 15 is 0 Å². The molecule has 0 bridgehead atoms. The zero-order valence-electron chi connectivity index (χ0n) is 9.47. The summed E-state index contributed by atoms with van der Waals surface area (Å²) in [6.45, 7) is 6.39. The zero-order valence-corrected chi connectivity index (χ0v) is 11.0. The van der Waals surface area contributed by atoms with E-state index in [4.69, 9.17) is 27.6 Å². The van der Waals surface area contributed by atoms with E-state index < -0.39 is 0 Å². The minimum Gasteiger partial charge on any atom is -0.439 e. The third-order valence-corrected chi connectivity index (χ3v) is 2.77. The molecule has 16 heavy (non-hydrogen) atoms. The van der Waals surface area contributed by atoms with E-state index in [1.54, 1.807) is 12.1 Å². The SMILES string of the molecule is CC(C)(C)Cc1nc2c(Cl)ccc(Cl)c2o1. The first-order valence-electron chi connectivity index (χ1n) is 5.10. The van der Waals surface area contributed by atoms with Crippen LogP contribution in [0.5, 0.6) is 0 Å². The Morgan fingerprint density at radius 1 is 1.19 bits per heavy atom. The second kappa shape index (κ2) is 3.94. The normalized spacial score (nSPS) is 12.3. The van der Waals surface area contributed by atoms with Crippen LogP contribution in [0.4, 0.5) is 0 Å². The molecule has 0 saturated carbocycles. The van der Waals surface area contributed by atoms with E-state index in [0.717, 1.165) is 6.42 Å². The molecule has 4 heteroatoms. The van der Waals surface area contributed by atoms with Crippen molar-refractivity contribution in [1.29, 1.82) is 0 Å². The highest BCUT2D eigenvalue weighted by Crippen LogP contribution is 2.31. The molecule has 0 aliphatic heterocycles. The van der Waals surface area contributed by atoms with Gasteiger partial charge in [-0.25, -0.2) is 4.98 Å². The van der Waals surface area contributed by atoms with E-state index in [0.29, 0.717) is 27.0 Å². The Kier molecular flexibility index (Phi) is 2.89. The maximum atomic E-state index is 6.03. The van der Waals surface area contributed by atoms with E-state index in [-0.39, 0.29) is 5.41 Å². The second-order valence-corrected chi connectivity index (χ2v) is 5.87. The summed E-state index contributed by atoms with van der Waals surface area (Å²) in [7, 11) is 0. The van der Waals surface area contributed by atoms with Crippen LogP contribution >= 0.6 is 23.2 Å². The monoisotopic (exact) mass is 257 g/mol. The zero-order chi connectivity index (χ0) is 11.9. The lowest BCUT2D eigenvalue weighted by Gasteiger charge is -2.14. The quantitative estimate of drug-likeness (QED) is 0.739. The Morgan fingerprint density at radius 3 is 2.38 bits per heavy atom. The topological polar surface area (TPSA) is 26.0 Å². The Balaban J connectivity index is 2.52. The third kappa shape index (κ3) is 2.33. The van der Waals surface area contributed by atoms with E-state index in [2.05, 4.69) is 25.8 Å². The first kappa shape index (κ1) is 11.7. The fourth-order valence-corrected chi connectivity index (χ4v) is 1.90. The first-order chi connectivity index (χ1) is 7.37. The van der Waals surface area contributed by atoms with Crippen LogP contribution in [0.1, 0.15) is 26.7 Å². The average molecular weight is 258 g/mol. The smallest absolute Gasteiger partial charge is 0.196 e. The van der Waals surface area contributed by atoms with Crippen LogP contribution in [0, 0.1) is 5.41 Å². The van der Waals surface area contributed by atoms with Crippen LogP contribution in [0.15, 0.2) is 16.5 Å². The van der Waals surface area contributed by atoms with Gasteiger partial charge >= 0.3 is 0 Å². The molecule has 0 N–H and O–H groups in total. The van der Waals surface area contributed by atoms with Crippen LogP contribution in [0.25, 0.3) is 11.1 Å². The molecule has 0 fully saturated rings. The maximum Gasteiger partial charge on any atom is 0.196 e. The van der Waals surface area contributed by atoms with Crippen LogP contribution in [-0.4, -0.2) is 4.98 Å². The largest absolute Gasteiger partial charge is 0.439 e. The second-order valence-electron chi connectivity index (χ2n) is 5.05. The minimum absolute atomic E-state index is 0.125. The minimum atomic E-state index is 0.125. The number of benzene rings is 1. The lowest BCUT2D eigenvalue weighted by atomic mass is 9.92. The van der Waals surface area contributed by atoms with Crippen molar-refractivity contribution in [1.82, 2.24) is 4.98 Å². The summed E-state index contributed by atoms with van der Waals surface area (Å²) in [4.78, 5) is 4.38. The van der Waals surface area contributed by atoms with Gasteiger partial charge in [-0.1, -0.05) is 44.0 Å². The standard InChI is InChI=1S/C12H13Cl2NO/c1-12(2,3)6-9-15-10-7(13)4-5-8(14)11(10)16-9/h4-5H,6H2,1-3H3. The number of nitrogens with zero attached hydrogens (tertiary/aromatic N) is 1. The van der Waals surface area contributed by atoms with Crippen molar-refractivity contribution >= 4 is 34.3 Å². The summed E-state index contributed by atoms with van der Waals surface area (Å²) in [5.74, 6) is 0.678. The summed E-state index contributed by atoms with van der Waals surface area (Å²) in [5, 5.41) is 1.12. The molecule has 0 atom stereocenters. The van der Waals surface area contributed by atoms with Gasteiger partial charge in [0.2, 0.25) is 0 Å². The Labute approximate surface area is 105 Å². The summed E-state index contributed by atoms with van der Waals surface area (Å²) < 4.78 is 5.63. The molecule has 2 aromatic rings. The van der Waals surface area contributed by atoms with Crippen LogP contribution in [0.2, 0.25) is 10.0 Å². The summed E-state index contributed by atoms with van der Waals surface area (Å²) in [6, 6.07) is 3.45. The van der Waals surface area contributed by atoms with Gasteiger partial charge in [-0.05, 0) is 17.5 Å². The number of rotatable bonds is 1. The molecule has 1 aromatic carbocycles. The van der Waals surface area contributed by atoms with Gasteiger partial charge in [0.1, 0.15) is 5.52 Å². The van der Waals surface area contributed by atoms with Gasteiger partial charge in [0.25, 0.3) is 0 Å². The molecule has 0 radical (unpaired) electrons. The number of hydrogen-bond acceptors (Lipinski definition) is 2. The van der Waals surface area contributed by atoms with Crippen molar-refractivity contribution in [3.8, 4) is 0 Å². The molecule has 2 nitrogen and oxygen atoms in total. The molecule has 0 amide bonds. The maximum absolute atomic E-state index is 6.03. The lowest BCUT2D eigenvalue weighted by molar-refractivity contribution is 0.362. The van der Waals surface area contributed by atoms with Gasteiger partial charge in [-0.15, -0.1) is 0 Å². The molecule has 0 aliphatic rings. The molecule has 1 aromatic heterocycles. The first-order valence-corrected chi connectivity index (χ1v) is 5.86. The van der Waals surface area contributed by atoms with Crippen LogP contribution < -0.4 is 0 Å². The molecular formula is C12H13Cl2NO. The molecule has 0 unspecified atom stereocenters. The van der Waals surface area contributed by atoms with Gasteiger partial charge in [-0.2, -0.15) is 0 Å². The van der Waals surface area contributed by atoms with E-state index in [1.807, 2.05) is 0 Å². The predicted octanol–water partition coefficient (Wildman–Crippen LogP) is 4.72. The molecule has 0 spiro atoms. The third-order valence-electron chi connectivity index (χ3n) is 2.17. The highest BCUT2D eigenvalue weighted by atomic mass is 35.5. The summed E-state index contributed by atoms with van der Waals surface area (Å²) in [6.07, 6.45) is 0.758. The summed E-state index contributed by atoms with van der Waals surface area (Å²) in [5.41, 5.74) is 1.35. The highest BCUT2D eigenvalue weighted by Gasteiger charge is 2.18. The number of fused-ring (bicyclic) bond motifs is 1. The molecule has 2 rings (SSSR count). The Morgan fingerprint density at radius 2 is 1.81 bits per heavy atom. The van der Waals surface area contributed by atoms with Crippen molar-refractivity contribution in [2.45, 2.75) is 27.2 Å². The highest BCUT2D eigenvalue weighted by molar-refractivity contribution is 6.39. The average Bonchev–Trinajstić information content (AvgIpc) is 2.53. The van der Waals surface area contributed by atoms with Gasteiger partial charge in [0.15, 0.2) is 11.5 Å². The van der Waals surface area contributed by atoms with Gasteiger partial charge in [0.05, 0.1) is 10.0 Å². The van der Waals surface area contributed by atoms with Crippen LogP contribution in [0.3, 0.4) is 0 Å². The van der Waals surface area contributed by atoms with Gasteiger partial charge in [0, 0.05) is 6.42 Å². The Bertz CT molecular complexity index is 487. The number of hydrogen-bond donors (Lipinski definition) is 0. The fraction of sp³-hybridized carbons (Fsp3) is 0.417. The van der Waals surface area contributed by atoms with Crippen LogP contribution in [-0.2, 0) is 6.42 Å². The summed E-state index contributed by atoms with van der Waals surface area (Å²) >= 11 is 12.1. The number of halogens is 2. The van der Waals surface area contributed by atoms with Crippen molar-refractivity contribution < 1.29 is 4.42 Å². The number of oxazole rings is 1. The molecular weight excluding hydrogens is 245 g/mol. The van der Waals surface area contributed by atoms with E-state index in [1.165, 1.54) is 0 Å². The van der Waals surface area contributed by atoms with Crippen molar-refractivity contribution in [3.05, 3.63) is 28.1 Å². The van der Waals surface area contributed by atoms with E-state index in [9.17, 15) is 0 Å². The lowest BCUT2D eigenvalue weighted by Crippen LogP contribution is -2.09.